The number of benzene rings is 2. The Bertz CT molecular complexity index is 1490. The monoisotopic (exact) mass is 519 g/mol. The largest absolute Gasteiger partial charge is 0.488 e. The number of oxime groups is 1. The van der Waals surface area contributed by atoms with Crippen LogP contribution in [-0.4, -0.2) is 31.0 Å². The molecule has 13 nitrogen and oxygen atoms in total. The molecule has 0 bridgehead atoms. The van der Waals surface area contributed by atoms with E-state index in [1.807, 2.05) is 0 Å². The van der Waals surface area contributed by atoms with Gasteiger partial charge in [-0.1, -0.05) is 34.1 Å². The standard InChI is InChI=1S/C21H23ClFN9O4/c1-12(2)36-17-8-7-15(9-16(17)23)26-19-30(10-13-3-5-14(22)6-4-13)20(33)31(21(34)32(19)25)11-18(28-35)27-29-24/h3-9,12,35H,10-11,25H2,1-2H3,(H2,24,27,28). The zero-order valence-corrected chi connectivity index (χ0v) is 20.0. The van der Waals surface area contributed by atoms with Crippen molar-refractivity contribution < 1.29 is 14.3 Å². The second-order valence-electron chi connectivity index (χ2n) is 7.66. The summed E-state index contributed by atoms with van der Waals surface area (Å²) < 4.78 is 22.3. The average molecular weight is 520 g/mol. The molecule has 190 valence electrons. The van der Waals surface area contributed by atoms with E-state index in [0.717, 1.165) is 10.6 Å². The summed E-state index contributed by atoms with van der Waals surface area (Å²) in [6.45, 7) is 2.82. The van der Waals surface area contributed by atoms with Crippen molar-refractivity contribution in [2.24, 2.45) is 26.3 Å². The van der Waals surface area contributed by atoms with Gasteiger partial charge in [0.25, 0.3) is 0 Å². The molecule has 3 rings (SSSR count). The molecule has 0 amide bonds. The molecule has 0 aliphatic carbocycles. The number of rotatable bonds is 7. The Morgan fingerprint density at radius 1 is 1.14 bits per heavy atom. The summed E-state index contributed by atoms with van der Waals surface area (Å²) in [5.74, 6) is 9.88. The zero-order valence-electron chi connectivity index (χ0n) is 19.2. The molecule has 1 aromatic heterocycles. The molecular weight excluding hydrogens is 497 g/mol. The van der Waals surface area contributed by atoms with Crippen molar-refractivity contribution >= 4 is 23.1 Å². The molecule has 0 aliphatic rings. The Morgan fingerprint density at radius 3 is 2.42 bits per heavy atom. The molecule has 1 heterocycles. The van der Waals surface area contributed by atoms with Crippen LogP contribution >= 0.6 is 11.6 Å². The molecule has 0 saturated heterocycles. The number of hydrogen-bond acceptors (Lipinski definition) is 8. The molecular formula is C21H23ClFN9O4. The van der Waals surface area contributed by atoms with Crippen LogP contribution in [0.15, 0.2) is 72.5 Å². The molecule has 2 aromatic carbocycles. The molecule has 0 aliphatic heterocycles. The topological polar surface area (TPSA) is 180 Å². The lowest BCUT2D eigenvalue weighted by Crippen LogP contribution is -2.58. The Labute approximate surface area is 208 Å². The number of hydrogen-bond donors (Lipinski definition) is 3. The van der Waals surface area contributed by atoms with Gasteiger partial charge >= 0.3 is 11.4 Å². The molecule has 0 saturated carbocycles. The van der Waals surface area contributed by atoms with Crippen LogP contribution in [0.25, 0.3) is 0 Å². The number of nitrogens with two attached hydrogens (primary N) is 2. The SMILES string of the molecule is CC(C)Oc1ccc(N=c2n(N)c(=O)n(C/C(N=NN)=N/O)c(=O)n2Cc2ccc(Cl)cc2)cc1F. The van der Waals surface area contributed by atoms with Crippen molar-refractivity contribution in [1.82, 2.24) is 13.8 Å². The van der Waals surface area contributed by atoms with Gasteiger partial charge in [0.05, 0.1) is 24.9 Å². The molecule has 0 atom stereocenters. The maximum Gasteiger partial charge on any atom is 0.354 e. The summed E-state index contributed by atoms with van der Waals surface area (Å²) in [5, 5.41) is 18.8. The summed E-state index contributed by atoms with van der Waals surface area (Å²) >= 11 is 5.95. The number of amidine groups is 1. The maximum atomic E-state index is 14.5. The van der Waals surface area contributed by atoms with E-state index in [2.05, 4.69) is 20.5 Å². The predicted octanol–water partition coefficient (Wildman–Crippen LogP) is 1.50. The number of halogens is 2. The highest BCUT2D eigenvalue weighted by Gasteiger charge is 2.16. The van der Waals surface area contributed by atoms with Crippen LogP contribution in [0.4, 0.5) is 10.1 Å². The first-order chi connectivity index (χ1) is 17.1. The van der Waals surface area contributed by atoms with Gasteiger partial charge in [-0.2, -0.15) is 4.68 Å². The number of nitrogens with zero attached hydrogens (tertiary/aromatic N) is 7. The van der Waals surface area contributed by atoms with E-state index in [4.69, 9.17) is 33.2 Å². The van der Waals surface area contributed by atoms with Gasteiger partial charge < -0.3 is 21.6 Å². The molecule has 5 N–H and O–H groups in total. The van der Waals surface area contributed by atoms with Crippen LogP contribution in [0.1, 0.15) is 19.4 Å². The Hall–Kier alpha value is -4.46. The minimum absolute atomic E-state index is 0.0171. The van der Waals surface area contributed by atoms with Crippen LogP contribution in [0.3, 0.4) is 0 Å². The highest BCUT2D eigenvalue weighted by molar-refractivity contribution is 6.30. The smallest absolute Gasteiger partial charge is 0.354 e. The lowest BCUT2D eigenvalue weighted by Gasteiger charge is -2.14. The van der Waals surface area contributed by atoms with Crippen LogP contribution in [0, 0.1) is 5.82 Å². The van der Waals surface area contributed by atoms with Gasteiger partial charge in [0.2, 0.25) is 11.5 Å². The Balaban J connectivity index is 2.25. The third kappa shape index (κ3) is 5.96. The van der Waals surface area contributed by atoms with Gasteiger partial charge in [0.1, 0.15) is 0 Å². The van der Waals surface area contributed by atoms with E-state index < -0.39 is 29.6 Å². The molecule has 3 aromatic rings. The molecule has 0 spiro atoms. The number of ether oxygens (including phenoxy) is 1. The van der Waals surface area contributed by atoms with Crippen LogP contribution in [0.2, 0.25) is 5.02 Å². The third-order valence-electron chi connectivity index (χ3n) is 4.70. The molecule has 0 fully saturated rings. The highest BCUT2D eigenvalue weighted by Crippen LogP contribution is 2.23. The van der Waals surface area contributed by atoms with Crippen LogP contribution in [-0.2, 0) is 13.1 Å². The first-order valence-corrected chi connectivity index (χ1v) is 10.8. The lowest BCUT2D eigenvalue weighted by atomic mass is 10.2. The van der Waals surface area contributed by atoms with E-state index in [1.54, 1.807) is 38.1 Å². The third-order valence-corrected chi connectivity index (χ3v) is 4.96. The van der Waals surface area contributed by atoms with E-state index >= 15 is 0 Å². The van der Waals surface area contributed by atoms with Gasteiger partial charge in [-0.25, -0.2) is 23.5 Å². The fraction of sp³-hybridized carbons (Fsp3) is 0.238. The first-order valence-electron chi connectivity index (χ1n) is 10.4. The van der Waals surface area contributed by atoms with Crippen molar-refractivity contribution in [3.8, 4) is 5.75 Å². The average Bonchev–Trinajstić information content (AvgIpc) is 2.84. The minimum atomic E-state index is -1.01. The van der Waals surface area contributed by atoms with E-state index in [-0.39, 0.29) is 29.7 Å². The molecule has 15 heteroatoms. The van der Waals surface area contributed by atoms with Crippen molar-refractivity contribution in [1.29, 1.82) is 0 Å². The van der Waals surface area contributed by atoms with E-state index in [1.165, 1.54) is 12.1 Å². The summed E-state index contributed by atoms with van der Waals surface area (Å²) in [6, 6.07) is 10.5. The molecule has 36 heavy (non-hydrogen) atoms. The van der Waals surface area contributed by atoms with E-state index in [0.29, 0.717) is 19.8 Å². The fourth-order valence-corrected chi connectivity index (χ4v) is 3.26. The first kappa shape index (κ1) is 26.2. The second-order valence-corrected chi connectivity index (χ2v) is 8.10. The minimum Gasteiger partial charge on any atom is -0.488 e. The van der Waals surface area contributed by atoms with Crippen molar-refractivity contribution in [3.63, 3.8) is 0 Å². The van der Waals surface area contributed by atoms with Crippen molar-refractivity contribution in [2.75, 3.05) is 5.84 Å². The van der Waals surface area contributed by atoms with Crippen molar-refractivity contribution in [3.05, 3.63) is 85.5 Å². The molecule has 0 unspecified atom stereocenters. The van der Waals surface area contributed by atoms with Gasteiger partial charge in [0, 0.05) is 11.1 Å². The van der Waals surface area contributed by atoms with Crippen LogP contribution in [0.5, 0.6) is 5.75 Å². The summed E-state index contributed by atoms with van der Waals surface area (Å²) in [5.41, 5.74) is -1.48. The normalized spacial score (nSPS) is 12.6. The van der Waals surface area contributed by atoms with Gasteiger partial charge in [-0.3, -0.25) is 4.57 Å². The van der Waals surface area contributed by atoms with E-state index in [9.17, 15) is 14.0 Å². The fourth-order valence-electron chi connectivity index (χ4n) is 3.13. The number of aromatic nitrogens is 3. The van der Waals surface area contributed by atoms with Gasteiger partial charge in [0.15, 0.2) is 11.6 Å². The highest BCUT2D eigenvalue weighted by atomic mass is 35.5. The Kier molecular flexibility index (Phi) is 8.22. The predicted molar refractivity (Wildman–Crippen MR) is 129 cm³/mol. The quantitative estimate of drug-likeness (QED) is 0.106. The maximum absolute atomic E-state index is 14.5. The van der Waals surface area contributed by atoms with Crippen LogP contribution < -0.4 is 33.4 Å². The van der Waals surface area contributed by atoms with Crippen molar-refractivity contribution in [2.45, 2.75) is 33.0 Å². The second kappa shape index (κ2) is 11.3. The Morgan fingerprint density at radius 2 is 1.83 bits per heavy atom. The number of nitrogen functional groups attached to an aromatic ring is 1. The summed E-state index contributed by atoms with van der Waals surface area (Å²) in [4.78, 5) is 30.5. The van der Waals surface area contributed by atoms with Gasteiger partial charge in [-0.05, 0) is 43.7 Å². The summed E-state index contributed by atoms with van der Waals surface area (Å²) in [7, 11) is 0. The zero-order chi connectivity index (χ0) is 26.4. The summed E-state index contributed by atoms with van der Waals surface area (Å²) in [6.07, 6.45) is -0.253. The van der Waals surface area contributed by atoms with Gasteiger partial charge in [-0.15, -0.1) is 5.11 Å². The lowest BCUT2D eigenvalue weighted by molar-refractivity contribution is 0.231. The molecule has 0 radical (unpaired) electrons.